The Bertz CT molecular complexity index is 1200. The maximum absolute atomic E-state index is 12.3. The van der Waals surface area contributed by atoms with E-state index in [9.17, 15) is 4.79 Å². The Morgan fingerprint density at radius 3 is 2.84 bits per heavy atom. The second-order valence-corrected chi connectivity index (χ2v) is 7.86. The highest BCUT2D eigenvalue weighted by molar-refractivity contribution is 6.03. The van der Waals surface area contributed by atoms with E-state index >= 15 is 0 Å². The summed E-state index contributed by atoms with van der Waals surface area (Å²) in [5.74, 6) is 0.857. The van der Waals surface area contributed by atoms with Crippen LogP contribution in [0.2, 0.25) is 0 Å². The number of aryl methyl sites for hydroxylation is 3. The highest BCUT2D eigenvalue weighted by atomic mass is 16.5. The van der Waals surface area contributed by atoms with E-state index in [4.69, 9.17) is 9.47 Å². The number of fused-ring (bicyclic) bond motifs is 1. The molecule has 1 atom stereocenters. The lowest BCUT2D eigenvalue weighted by Gasteiger charge is -2.22. The number of ether oxygens (including phenoxy) is 2. The maximum Gasteiger partial charge on any atom is 0.368 e. The van der Waals surface area contributed by atoms with Gasteiger partial charge in [0, 0.05) is 24.6 Å². The lowest BCUT2D eigenvalue weighted by atomic mass is 10.0. The summed E-state index contributed by atoms with van der Waals surface area (Å²) in [4.78, 5) is 12.3. The van der Waals surface area contributed by atoms with Crippen LogP contribution in [0.15, 0.2) is 46.3 Å². The summed E-state index contributed by atoms with van der Waals surface area (Å²) in [7, 11) is 1.57. The second kappa shape index (κ2) is 9.35. The number of nitrogens with one attached hydrogen (secondary N) is 1. The molecular weight excluding hydrogens is 408 g/mol. The van der Waals surface area contributed by atoms with Gasteiger partial charge in [0.25, 0.3) is 0 Å². The Labute approximate surface area is 186 Å². The average molecular weight is 437 g/mol. The van der Waals surface area contributed by atoms with Crippen molar-refractivity contribution in [3.05, 3.63) is 69.1 Å². The highest BCUT2D eigenvalue weighted by Gasteiger charge is 2.18. The fourth-order valence-corrected chi connectivity index (χ4v) is 3.62. The standard InChI is InChI=1S/C23H28N6O3/c1-5-22(25-24-19-11-12-31-21-10-9-15(2)13-17(19)21)32-14-18-16(3)7-6-8-20(18)29-23(30)28(4)26-27-29/h6-10,13,22,25H,5,11-12,14H2,1-4H3. The average Bonchev–Trinajstić information content (AvgIpc) is 3.12. The first-order chi connectivity index (χ1) is 15.5. The van der Waals surface area contributed by atoms with Gasteiger partial charge in [-0.25, -0.2) is 4.79 Å². The first kappa shape index (κ1) is 21.8. The zero-order chi connectivity index (χ0) is 22.7. The van der Waals surface area contributed by atoms with Crippen LogP contribution in [0.4, 0.5) is 0 Å². The van der Waals surface area contributed by atoms with E-state index in [0.29, 0.717) is 18.9 Å². The third-order valence-corrected chi connectivity index (χ3v) is 5.52. The Hall–Kier alpha value is -3.46. The van der Waals surface area contributed by atoms with Gasteiger partial charge in [-0.2, -0.15) is 14.5 Å². The summed E-state index contributed by atoms with van der Waals surface area (Å²) < 4.78 is 14.4. The predicted octanol–water partition coefficient (Wildman–Crippen LogP) is 2.61. The van der Waals surface area contributed by atoms with E-state index < -0.39 is 0 Å². The molecule has 0 saturated heterocycles. The monoisotopic (exact) mass is 436 g/mol. The van der Waals surface area contributed by atoms with Crippen molar-refractivity contribution < 1.29 is 9.47 Å². The molecule has 1 unspecified atom stereocenters. The third-order valence-electron chi connectivity index (χ3n) is 5.52. The smallest absolute Gasteiger partial charge is 0.368 e. The molecule has 9 heteroatoms. The van der Waals surface area contributed by atoms with Gasteiger partial charge in [-0.3, -0.25) is 5.43 Å². The molecule has 1 aliphatic rings. The van der Waals surface area contributed by atoms with E-state index in [1.807, 2.05) is 44.2 Å². The summed E-state index contributed by atoms with van der Waals surface area (Å²) in [6.07, 6.45) is 1.17. The van der Waals surface area contributed by atoms with Crippen molar-refractivity contribution in [1.29, 1.82) is 0 Å². The van der Waals surface area contributed by atoms with Crippen molar-refractivity contribution in [2.45, 2.75) is 46.4 Å². The summed E-state index contributed by atoms with van der Waals surface area (Å²) in [5.41, 5.74) is 8.57. The highest BCUT2D eigenvalue weighted by Crippen LogP contribution is 2.26. The molecule has 9 nitrogen and oxygen atoms in total. The molecule has 4 rings (SSSR count). The lowest BCUT2D eigenvalue weighted by Crippen LogP contribution is -2.30. The summed E-state index contributed by atoms with van der Waals surface area (Å²) >= 11 is 0. The van der Waals surface area contributed by atoms with Gasteiger partial charge in [-0.05, 0) is 54.5 Å². The molecule has 1 aliphatic heterocycles. The molecule has 0 spiro atoms. The number of hydrogen-bond acceptors (Lipinski definition) is 7. The number of hydrogen-bond donors (Lipinski definition) is 1. The van der Waals surface area contributed by atoms with Crippen molar-refractivity contribution in [3.63, 3.8) is 0 Å². The quantitative estimate of drug-likeness (QED) is 0.452. The summed E-state index contributed by atoms with van der Waals surface area (Å²) in [6, 6.07) is 11.8. The van der Waals surface area contributed by atoms with Crippen LogP contribution >= 0.6 is 0 Å². The van der Waals surface area contributed by atoms with Gasteiger partial charge in [0.1, 0.15) is 12.0 Å². The molecule has 0 aliphatic carbocycles. The Morgan fingerprint density at radius 1 is 1.25 bits per heavy atom. The van der Waals surface area contributed by atoms with Crippen LogP contribution in [0.1, 0.15) is 42.0 Å². The molecule has 1 aromatic heterocycles. The number of benzene rings is 2. The van der Waals surface area contributed by atoms with E-state index in [-0.39, 0.29) is 11.9 Å². The molecule has 2 aromatic carbocycles. The van der Waals surface area contributed by atoms with E-state index in [1.165, 1.54) is 9.36 Å². The SMILES string of the molecule is CCC(NN=C1CCOc2ccc(C)cc21)OCc1c(C)cccc1-n1nnn(C)c1=O. The van der Waals surface area contributed by atoms with E-state index in [0.717, 1.165) is 46.6 Å². The van der Waals surface area contributed by atoms with Gasteiger partial charge in [0.2, 0.25) is 0 Å². The van der Waals surface area contributed by atoms with Gasteiger partial charge in [0.05, 0.1) is 24.6 Å². The van der Waals surface area contributed by atoms with E-state index in [2.05, 4.69) is 33.9 Å². The Kier molecular flexibility index (Phi) is 6.36. The van der Waals surface area contributed by atoms with Crippen molar-refractivity contribution in [1.82, 2.24) is 25.2 Å². The molecule has 0 amide bonds. The number of rotatable bonds is 7. The largest absolute Gasteiger partial charge is 0.492 e. The van der Waals surface area contributed by atoms with Crippen molar-refractivity contribution in [2.75, 3.05) is 6.61 Å². The minimum Gasteiger partial charge on any atom is -0.492 e. The zero-order valence-corrected chi connectivity index (χ0v) is 18.8. The second-order valence-electron chi connectivity index (χ2n) is 7.86. The molecule has 0 fully saturated rings. The third kappa shape index (κ3) is 4.43. The topological polar surface area (TPSA) is 95.6 Å². The van der Waals surface area contributed by atoms with Crippen molar-refractivity contribution >= 4 is 5.71 Å². The zero-order valence-electron chi connectivity index (χ0n) is 18.8. The molecule has 32 heavy (non-hydrogen) atoms. The number of tetrazole rings is 1. The number of nitrogens with zero attached hydrogens (tertiary/aromatic N) is 5. The molecule has 0 radical (unpaired) electrons. The molecule has 3 aromatic rings. The molecule has 2 heterocycles. The van der Waals surface area contributed by atoms with Crippen LogP contribution in [-0.4, -0.2) is 38.3 Å². The fraction of sp³-hybridized carbons (Fsp3) is 0.391. The van der Waals surface area contributed by atoms with Gasteiger partial charge in [0.15, 0.2) is 0 Å². The first-order valence-electron chi connectivity index (χ1n) is 10.7. The summed E-state index contributed by atoms with van der Waals surface area (Å²) in [6.45, 7) is 6.99. The molecule has 1 N–H and O–H groups in total. The summed E-state index contributed by atoms with van der Waals surface area (Å²) in [5, 5.41) is 12.4. The minimum atomic E-state index is -0.304. The van der Waals surface area contributed by atoms with Crippen LogP contribution in [0, 0.1) is 13.8 Å². The van der Waals surface area contributed by atoms with Gasteiger partial charge >= 0.3 is 5.69 Å². The number of aromatic nitrogens is 4. The van der Waals surface area contributed by atoms with Gasteiger partial charge in [-0.1, -0.05) is 30.7 Å². The normalized spacial score (nSPS) is 15.3. The lowest BCUT2D eigenvalue weighted by molar-refractivity contribution is 0.0157. The predicted molar refractivity (Wildman–Crippen MR) is 121 cm³/mol. The van der Waals surface area contributed by atoms with Crippen molar-refractivity contribution in [3.8, 4) is 11.4 Å². The van der Waals surface area contributed by atoms with Crippen LogP contribution in [0.3, 0.4) is 0 Å². The minimum absolute atomic E-state index is 0.287. The van der Waals surface area contributed by atoms with E-state index in [1.54, 1.807) is 7.05 Å². The first-order valence-corrected chi connectivity index (χ1v) is 10.7. The van der Waals surface area contributed by atoms with Gasteiger partial charge in [-0.15, -0.1) is 0 Å². The van der Waals surface area contributed by atoms with Crippen LogP contribution in [-0.2, 0) is 18.4 Å². The van der Waals surface area contributed by atoms with Crippen LogP contribution in [0.25, 0.3) is 5.69 Å². The maximum atomic E-state index is 12.3. The molecule has 168 valence electrons. The van der Waals surface area contributed by atoms with Crippen LogP contribution in [0.5, 0.6) is 5.75 Å². The molecule has 0 bridgehead atoms. The fourth-order valence-electron chi connectivity index (χ4n) is 3.62. The Balaban J connectivity index is 1.51. The molecule has 0 saturated carbocycles. The van der Waals surface area contributed by atoms with Crippen molar-refractivity contribution in [2.24, 2.45) is 12.1 Å². The van der Waals surface area contributed by atoms with Gasteiger partial charge < -0.3 is 9.47 Å². The number of hydrazone groups is 1. The van der Waals surface area contributed by atoms with Crippen LogP contribution < -0.4 is 15.9 Å². The molecular formula is C23H28N6O3. The Morgan fingerprint density at radius 2 is 2.09 bits per heavy atom.